The maximum Gasteiger partial charge on any atom is 0.170 e. The van der Waals surface area contributed by atoms with Crippen molar-refractivity contribution in [2.75, 3.05) is 18.1 Å². The van der Waals surface area contributed by atoms with Crippen LogP contribution >= 0.6 is 11.8 Å². The Hall–Kier alpha value is -1.88. The van der Waals surface area contributed by atoms with Crippen molar-refractivity contribution in [3.05, 3.63) is 35.4 Å². The highest BCUT2D eigenvalue weighted by Gasteiger charge is 2.33. The average Bonchev–Trinajstić information content (AvgIpc) is 3.10. The Labute approximate surface area is 158 Å². The molecule has 1 N–H and O–H groups in total. The van der Waals surface area contributed by atoms with Crippen LogP contribution in [0.5, 0.6) is 5.75 Å². The van der Waals surface area contributed by atoms with Gasteiger partial charge in [-0.3, -0.25) is 4.79 Å². The maximum atomic E-state index is 11.9. The molecule has 3 aliphatic rings. The van der Waals surface area contributed by atoms with Crippen LogP contribution < -0.4 is 9.64 Å². The normalized spacial score (nSPS) is 22.4. The van der Waals surface area contributed by atoms with Crippen LogP contribution in [0.1, 0.15) is 60.9 Å². The third-order valence-electron chi connectivity index (χ3n) is 5.90. The summed E-state index contributed by atoms with van der Waals surface area (Å²) < 4.78 is 5.91. The van der Waals surface area contributed by atoms with Crippen LogP contribution in [0.15, 0.2) is 29.3 Å². The molecule has 1 unspecified atom stereocenters. The number of aromatic nitrogens is 1. The number of carbonyl (C=O) groups is 1. The number of hydrogen-bond donors (Lipinski definition) is 1. The van der Waals surface area contributed by atoms with Crippen molar-refractivity contribution in [2.45, 2.75) is 55.2 Å². The summed E-state index contributed by atoms with van der Waals surface area (Å²) >= 11 is 1.97. The van der Waals surface area contributed by atoms with Gasteiger partial charge in [-0.2, -0.15) is 0 Å². The fraction of sp³-hybridized carbons (Fsp3) is 0.476. The summed E-state index contributed by atoms with van der Waals surface area (Å²) in [6.45, 7) is 3.50. The maximum absolute atomic E-state index is 11.9. The molecule has 0 saturated heterocycles. The highest BCUT2D eigenvalue weighted by molar-refractivity contribution is 7.99. The van der Waals surface area contributed by atoms with Crippen LogP contribution in [0.25, 0.3) is 0 Å². The first-order valence-corrected chi connectivity index (χ1v) is 10.6. The molecule has 1 saturated carbocycles. The monoisotopic (exact) mass is 368 g/mol. The van der Waals surface area contributed by atoms with Crippen LogP contribution in [0.3, 0.4) is 0 Å². The summed E-state index contributed by atoms with van der Waals surface area (Å²) in [6, 6.07) is 8.37. The minimum absolute atomic E-state index is 0.0338. The molecule has 136 valence electrons. The largest absolute Gasteiger partial charge is 0.488 e. The Morgan fingerprint density at radius 2 is 2.04 bits per heavy atom. The van der Waals surface area contributed by atoms with Crippen molar-refractivity contribution in [1.29, 1.82) is 0 Å². The molecule has 1 atom stereocenters. The fourth-order valence-corrected chi connectivity index (χ4v) is 5.61. The summed E-state index contributed by atoms with van der Waals surface area (Å²) in [6.07, 6.45) is 6.72. The summed E-state index contributed by atoms with van der Waals surface area (Å²) in [5.41, 5.74) is 3.20. The molecule has 2 aromatic rings. The number of H-pyrrole nitrogens is 1. The number of Topliss-reactive ketones (excluding diaryl/α,β-unsaturated/α-hetero) is 1. The van der Waals surface area contributed by atoms with Crippen molar-refractivity contribution >= 4 is 29.1 Å². The Morgan fingerprint density at radius 3 is 2.88 bits per heavy atom. The first-order valence-electron chi connectivity index (χ1n) is 9.69. The Balaban J connectivity index is 1.42. The summed E-state index contributed by atoms with van der Waals surface area (Å²) in [7, 11) is 0. The molecule has 1 fully saturated rings. The van der Waals surface area contributed by atoms with Crippen LogP contribution in [0, 0.1) is 0 Å². The molecule has 0 radical (unpaired) electrons. The number of aromatic amines is 1. The van der Waals surface area contributed by atoms with Gasteiger partial charge in [-0.1, -0.05) is 26.2 Å². The van der Waals surface area contributed by atoms with Crippen LogP contribution in [-0.2, 0) is 0 Å². The molecule has 0 spiro atoms. The number of nitrogens with zero attached hydrogens (tertiary/aromatic N) is 1. The van der Waals surface area contributed by atoms with Gasteiger partial charge in [-0.05, 0) is 36.6 Å². The molecule has 0 bridgehead atoms. The van der Waals surface area contributed by atoms with Gasteiger partial charge < -0.3 is 14.6 Å². The molecule has 26 heavy (non-hydrogen) atoms. The highest BCUT2D eigenvalue weighted by atomic mass is 32.2. The second kappa shape index (κ2) is 6.38. The van der Waals surface area contributed by atoms with Gasteiger partial charge >= 0.3 is 0 Å². The average molecular weight is 369 g/mol. The van der Waals surface area contributed by atoms with Crippen LogP contribution in [0.2, 0.25) is 0 Å². The number of fused-ring (bicyclic) bond motifs is 2. The van der Waals surface area contributed by atoms with E-state index in [1.54, 1.807) is 0 Å². The standard InChI is InChI=1S/C21H24N2O2S/c1-13-17-11-14(7-8-16(17)20(13)24)23-9-10-25-18-12-19(22-21(18)23)26-15-5-3-2-4-6-15/h7-8,11-13,15,22H,2-6,9-10H2,1H3. The minimum Gasteiger partial charge on any atom is -0.488 e. The first kappa shape index (κ1) is 16.3. The smallest absolute Gasteiger partial charge is 0.170 e. The van der Waals surface area contributed by atoms with Crippen molar-refractivity contribution in [3.8, 4) is 5.75 Å². The molecule has 2 aliphatic carbocycles. The first-order chi connectivity index (χ1) is 12.7. The predicted molar refractivity (Wildman–Crippen MR) is 105 cm³/mol. The van der Waals surface area contributed by atoms with Gasteiger partial charge in [-0.15, -0.1) is 11.8 Å². The lowest BCUT2D eigenvalue weighted by Gasteiger charge is -2.32. The van der Waals surface area contributed by atoms with E-state index in [0.717, 1.165) is 34.6 Å². The number of ether oxygens (including phenoxy) is 1. The molecule has 1 aromatic heterocycles. The van der Waals surface area contributed by atoms with Gasteiger partial charge in [0, 0.05) is 28.5 Å². The zero-order valence-corrected chi connectivity index (χ0v) is 15.9. The van der Waals surface area contributed by atoms with Gasteiger partial charge in [0.15, 0.2) is 17.4 Å². The lowest BCUT2D eigenvalue weighted by Crippen LogP contribution is -2.30. The van der Waals surface area contributed by atoms with Gasteiger partial charge in [-0.25, -0.2) is 0 Å². The number of ketones is 1. The zero-order chi connectivity index (χ0) is 17.7. The molecule has 0 amide bonds. The van der Waals surface area contributed by atoms with E-state index in [2.05, 4.69) is 28.1 Å². The van der Waals surface area contributed by atoms with E-state index in [1.165, 1.54) is 42.7 Å². The zero-order valence-electron chi connectivity index (χ0n) is 15.1. The number of hydrogen-bond acceptors (Lipinski definition) is 4. The molecule has 5 heteroatoms. The molecular formula is C21H24N2O2S. The molecule has 4 nitrogen and oxygen atoms in total. The van der Waals surface area contributed by atoms with Crippen molar-refractivity contribution in [1.82, 2.24) is 4.98 Å². The summed E-state index contributed by atoms with van der Waals surface area (Å²) in [4.78, 5) is 17.8. The topological polar surface area (TPSA) is 45.3 Å². The van der Waals surface area contributed by atoms with E-state index in [-0.39, 0.29) is 11.7 Å². The minimum atomic E-state index is 0.0338. The Bertz CT molecular complexity index is 854. The Kier molecular flexibility index (Phi) is 4.00. The number of thioether (sulfide) groups is 1. The van der Waals surface area contributed by atoms with E-state index < -0.39 is 0 Å². The van der Waals surface area contributed by atoms with Crippen LogP contribution in [0.4, 0.5) is 11.5 Å². The van der Waals surface area contributed by atoms with Crippen molar-refractivity contribution in [3.63, 3.8) is 0 Å². The van der Waals surface area contributed by atoms with Gasteiger partial charge in [0.1, 0.15) is 6.61 Å². The number of carbonyl (C=O) groups excluding carboxylic acids is 1. The third-order valence-corrected chi connectivity index (χ3v) is 7.18. The van der Waals surface area contributed by atoms with Gasteiger partial charge in [0.05, 0.1) is 11.6 Å². The lowest BCUT2D eigenvalue weighted by molar-refractivity contribution is 0.0935. The molecule has 1 aliphatic heterocycles. The van der Waals surface area contributed by atoms with E-state index in [4.69, 9.17) is 4.74 Å². The highest BCUT2D eigenvalue weighted by Crippen LogP contribution is 2.44. The molecular weight excluding hydrogens is 344 g/mol. The summed E-state index contributed by atoms with van der Waals surface area (Å²) in [5, 5.41) is 1.93. The van der Waals surface area contributed by atoms with E-state index in [0.29, 0.717) is 6.61 Å². The number of anilines is 2. The molecule has 1 aromatic carbocycles. The Morgan fingerprint density at radius 1 is 1.19 bits per heavy atom. The SMILES string of the molecule is CC1C(=O)c2ccc(N3CCOc4cc(SC5CCCCC5)[nH]c43)cc21. The van der Waals surface area contributed by atoms with E-state index >= 15 is 0 Å². The quantitative estimate of drug-likeness (QED) is 0.802. The van der Waals surface area contributed by atoms with Crippen LogP contribution in [-0.4, -0.2) is 29.2 Å². The second-order valence-electron chi connectivity index (χ2n) is 7.58. The van der Waals surface area contributed by atoms with E-state index in [9.17, 15) is 4.79 Å². The van der Waals surface area contributed by atoms with E-state index in [1.807, 2.05) is 24.8 Å². The molecule has 2 heterocycles. The fourth-order valence-electron chi connectivity index (χ4n) is 4.35. The molecule has 5 rings (SSSR count). The third kappa shape index (κ3) is 2.64. The van der Waals surface area contributed by atoms with Gasteiger partial charge in [0.25, 0.3) is 0 Å². The lowest BCUT2D eigenvalue weighted by atomic mass is 9.77. The van der Waals surface area contributed by atoms with Crippen molar-refractivity contribution < 1.29 is 9.53 Å². The predicted octanol–water partition coefficient (Wildman–Crippen LogP) is 5.27. The van der Waals surface area contributed by atoms with Crippen molar-refractivity contribution in [2.24, 2.45) is 0 Å². The number of nitrogens with one attached hydrogen (secondary N) is 1. The second-order valence-corrected chi connectivity index (χ2v) is 8.92. The number of benzene rings is 1. The summed E-state index contributed by atoms with van der Waals surface area (Å²) in [5.74, 6) is 2.29. The van der Waals surface area contributed by atoms with Gasteiger partial charge in [0.2, 0.25) is 0 Å². The number of rotatable bonds is 3.